The van der Waals surface area contributed by atoms with Crippen molar-refractivity contribution in [3.8, 4) is 0 Å². The Hall–Kier alpha value is -2.45. The summed E-state index contributed by atoms with van der Waals surface area (Å²) in [5.41, 5.74) is -1.61. The van der Waals surface area contributed by atoms with Crippen LogP contribution in [0.15, 0.2) is 0 Å². The second kappa shape index (κ2) is 25.1. The van der Waals surface area contributed by atoms with Crippen molar-refractivity contribution in [3.63, 3.8) is 0 Å². The third kappa shape index (κ3) is 30.7. The largest absolute Gasteiger partial charge is 0.463 e. The van der Waals surface area contributed by atoms with Crippen LogP contribution in [-0.4, -0.2) is 53.8 Å². The van der Waals surface area contributed by atoms with Crippen LogP contribution < -0.4 is 10.6 Å². The SMILES string of the molecule is CC(C)(C)C(=O)C(C)(C)C.CC(C)(C)C(=O)NC1CCCCC1.CC(C)(C)C(=O)NC1CCCCC1.CC(C)OC(=O)C(C)(C)C.CC(C)OC(=O)C(C)(C)C. The van der Waals surface area contributed by atoms with Crippen LogP contribution in [0, 0.1) is 32.5 Å². The summed E-state index contributed by atoms with van der Waals surface area (Å²) >= 11 is 0. The van der Waals surface area contributed by atoms with E-state index < -0.39 is 0 Å². The summed E-state index contributed by atoms with van der Waals surface area (Å²) in [6, 6.07) is 0.890. The zero-order valence-electron chi connectivity index (χ0n) is 40.7. The number of hydrogen-bond acceptors (Lipinski definition) is 7. The molecule has 0 saturated heterocycles. The average Bonchev–Trinajstić information content (AvgIpc) is 3.00. The monoisotopic (exact) mass is 797 g/mol. The number of amides is 2. The Morgan fingerprint density at radius 2 is 0.625 bits per heavy atom. The Labute approximate surface area is 346 Å². The predicted octanol–water partition coefficient (Wildman–Crippen LogP) is 11.6. The molecule has 2 amide bonds. The third-order valence-corrected chi connectivity index (χ3v) is 8.52. The molecule has 0 unspecified atom stereocenters. The summed E-state index contributed by atoms with van der Waals surface area (Å²) in [6.07, 6.45) is 12.4. The maximum atomic E-state index is 11.6. The molecule has 9 nitrogen and oxygen atoms in total. The fourth-order valence-corrected chi connectivity index (χ4v) is 5.20. The van der Waals surface area contributed by atoms with Gasteiger partial charge in [0.15, 0.2) is 0 Å². The van der Waals surface area contributed by atoms with Crippen LogP contribution in [0.5, 0.6) is 0 Å². The van der Waals surface area contributed by atoms with Crippen LogP contribution in [-0.2, 0) is 33.4 Å². The van der Waals surface area contributed by atoms with Gasteiger partial charge in [-0.3, -0.25) is 24.0 Å². The molecule has 0 atom stereocenters. The van der Waals surface area contributed by atoms with Crippen molar-refractivity contribution < 1.29 is 33.4 Å². The smallest absolute Gasteiger partial charge is 0.311 e. The number of esters is 2. The number of carbonyl (C=O) groups excluding carboxylic acids is 5. The number of rotatable bonds is 4. The normalized spacial score (nSPS) is 15.9. The minimum Gasteiger partial charge on any atom is -0.463 e. The van der Waals surface area contributed by atoms with E-state index in [0.29, 0.717) is 17.9 Å². The predicted molar refractivity (Wildman–Crippen MR) is 234 cm³/mol. The summed E-state index contributed by atoms with van der Waals surface area (Å²) < 4.78 is 9.95. The number of hydrogen-bond donors (Lipinski definition) is 2. The van der Waals surface area contributed by atoms with Gasteiger partial charge in [0.1, 0.15) is 5.78 Å². The van der Waals surface area contributed by atoms with Crippen LogP contribution in [0.1, 0.15) is 217 Å². The van der Waals surface area contributed by atoms with E-state index in [1.54, 1.807) is 0 Å². The Morgan fingerprint density at radius 1 is 0.393 bits per heavy atom. The lowest BCUT2D eigenvalue weighted by Crippen LogP contribution is -2.42. The van der Waals surface area contributed by atoms with Crippen LogP contribution in [0.2, 0.25) is 0 Å². The molecule has 0 spiro atoms. The zero-order chi connectivity index (χ0) is 45.1. The number of nitrogens with one attached hydrogen (secondary N) is 2. The molecule has 0 aromatic rings. The van der Waals surface area contributed by atoms with Gasteiger partial charge in [-0.05, 0) is 94.9 Å². The molecule has 2 fully saturated rings. The molecule has 0 aromatic carbocycles. The number of Topliss-reactive ketones (excluding diaryl/α,β-unsaturated/α-hetero) is 1. The Morgan fingerprint density at radius 3 is 0.750 bits per heavy atom. The van der Waals surface area contributed by atoms with Crippen molar-refractivity contribution >= 4 is 29.5 Å². The van der Waals surface area contributed by atoms with E-state index in [1.807, 2.05) is 152 Å². The maximum absolute atomic E-state index is 11.6. The lowest BCUT2D eigenvalue weighted by atomic mass is 9.76. The lowest BCUT2D eigenvalue weighted by molar-refractivity contribution is -0.157. The lowest BCUT2D eigenvalue weighted by Gasteiger charge is -2.26. The molecule has 56 heavy (non-hydrogen) atoms. The number of ketones is 1. The van der Waals surface area contributed by atoms with Gasteiger partial charge in [0.25, 0.3) is 0 Å². The van der Waals surface area contributed by atoms with Gasteiger partial charge in [0.2, 0.25) is 11.8 Å². The molecule has 0 heterocycles. The summed E-state index contributed by atoms with van der Waals surface area (Å²) in [5, 5.41) is 6.24. The summed E-state index contributed by atoms with van der Waals surface area (Å²) in [7, 11) is 0. The topological polar surface area (TPSA) is 128 Å². The highest BCUT2D eigenvalue weighted by molar-refractivity contribution is 5.88. The van der Waals surface area contributed by atoms with E-state index in [2.05, 4.69) is 10.6 Å². The Bertz CT molecular complexity index is 1060. The highest BCUT2D eigenvalue weighted by atomic mass is 16.5. The van der Waals surface area contributed by atoms with Crippen molar-refractivity contribution in [2.24, 2.45) is 32.5 Å². The molecule has 0 radical (unpaired) electrons. The highest BCUT2D eigenvalue weighted by Gasteiger charge is 2.32. The highest BCUT2D eigenvalue weighted by Crippen LogP contribution is 2.28. The second-order valence-corrected chi connectivity index (χ2v) is 22.4. The van der Waals surface area contributed by atoms with E-state index >= 15 is 0 Å². The molecular formula is C47H92N2O7. The quantitative estimate of drug-likeness (QED) is 0.271. The minimum atomic E-state index is -0.371. The van der Waals surface area contributed by atoms with E-state index in [1.165, 1.54) is 64.2 Å². The van der Waals surface area contributed by atoms with Crippen molar-refractivity contribution in [1.29, 1.82) is 0 Å². The maximum Gasteiger partial charge on any atom is 0.311 e. The fraction of sp³-hybridized carbons (Fsp3) is 0.894. The van der Waals surface area contributed by atoms with Crippen LogP contribution in [0.25, 0.3) is 0 Å². The number of ether oxygens (including phenoxy) is 2. The summed E-state index contributed by atoms with van der Waals surface area (Å²) in [6.45, 7) is 42.0. The standard InChI is InChI=1S/2C11H21NO.C9H18O.2C8H16O2/c2*1-11(2,3)10(13)12-9-7-5-4-6-8-9;1-8(2,3)7(10)9(4,5)6;2*1-6(2)10-7(9)8(3,4)5/h2*9H,4-8H2,1-3H3,(H,12,13);1-6H3;2*6H,1-5H3. The first kappa shape index (κ1) is 57.9. The second-order valence-electron chi connectivity index (χ2n) is 22.4. The summed E-state index contributed by atoms with van der Waals surface area (Å²) in [5.74, 6) is 0.434. The van der Waals surface area contributed by atoms with E-state index in [0.717, 1.165) is 0 Å². The van der Waals surface area contributed by atoms with Crippen molar-refractivity contribution in [1.82, 2.24) is 10.6 Å². The van der Waals surface area contributed by atoms with Crippen LogP contribution >= 0.6 is 0 Å². The first-order valence-electron chi connectivity index (χ1n) is 21.4. The van der Waals surface area contributed by atoms with Crippen LogP contribution in [0.3, 0.4) is 0 Å². The molecule has 2 N–H and O–H groups in total. The zero-order valence-corrected chi connectivity index (χ0v) is 40.7. The molecular weight excluding hydrogens is 705 g/mol. The first-order valence-corrected chi connectivity index (χ1v) is 21.4. The van der Waals surface area contributed by atoms with E-state index in [-0.39, 0.29) is 68.5 Å². The van der Waals surface area contributed by atoms with E-state index in [9.17, 15) is 24.0 Å². The van der Waals surface area contributed by atoms with Gasteiger partial charge in [-0.25, -0.2) is 0 Å². The number of carbonyl (C=O) groups is 5. The molecule has 0 aromatic heterocycles. The van der Waals surface area contributed by atoms with Gasteiger partial charge in [0, 0.05) is 33.7 Å². The molecule has 2 aliphatic carbocycles. The third-order valence-electron chi connectivity index (χ3n) is 8.52. The van der Waals surface area contributed by atoms with Gasteiger partial charge in [-0.15, -0.1) is 0 Å². The van der Waals surface area contributed by atoms with Gasteiger partial charge in [-0.1, -0.05) is 122 Å². The van der Waals surface area contributed by atoms with Crippen molar-refractivity contribution in [2.45, 2.75) is 241 Å². The van der Waals surface area contributed by atoms with Crippen molar-refractivity contribution in [3.05, 3.63) is 0 Å². The van der Waals surface area contributed by atoms with E-state index in [4.69, 9.17) is 9.47 Å². The molecule has 9 heteroatoms. The molecule has 2 aliphatic rings. The van der Waals surface area contributed by atoms with Gasteiger partial charge in [-0.2, -0.15) is 0 Å². The Balaban J connectivity index is -0.000000632. The molecule has 0 bridgehead atoms. The molecule has 0 aliphatic heterocycles. The Kier molecular flexibility index (Phi) is 26.0. The van der Waals surface area contributed by atoms with Crippen molar-refractivity contribution in [2.75, 3.05) is 0 Å². The first-order chi connectivity index (χ1) is 24.8. The minimum absolute atomic E-state index is 0.00766. The summed E-state index contributed by atoms with van der Waals surface area (Å²) in [4.78, 5) is 56.8. The van der Waals surface area contributed by atoms with Gasteiger partial charge >= 0.3 is 11.9 Å². The molecule has 332 valence electrons. The van der Waals surface area contributed by atoms with Crippen LogP contribution in [0.4, 0.5) is 0 Å². The molecule has 2 saturated carbocycles. The molecule has 2 rings (SSSR count). The van der Waals surface area contributed by atoms with Gasteiger partial charge < -0.3 is 20.1 Å². The van der Waals surface area contributed by atoms with Gasteiger partial charge in [0.05, 0.1) is 23.0 Å². The fourth-order valence-electron chi connectivity index (χ4n) is 5.20. The average molecular weight is 797 g/mol.